The van der Waals surface area contributed by atoms with Gasteiger partial charge in [-0.25, -0.2) is 4.79 Å². The van der Waals surface area contributed by atoms with E-state index in [1.54, 1.807) is 0 Å². The number of aromatic hydroxyl groups is 1. The van der Waals surface area contributed by atoms with E-state index in [0.717, 1.165) is 0 Å². The van der Waals surface area contributed by atoms with Crippen molar-refractivity contribution in [2.24, 2.45) is 0 Å². The number of carbonyl (C=O) groups is 1. The molecule has 0 aliphatic rings. The van der Waals surface area contributed by atoms with Crippen LogP contribution in [0.5, 0.6) is 17.2 Å². The maximum absolute atomic E-state index is 11.2. The summed E-state index contributed by atoms with van der Waals surface area (Å²) < 4.78 is 14.3. The van der Waals surface area contributed by atoms with Crippen LogP contribution in [-0.2, 0) is 4.74 Å². The van der Waals surface area contributed by atoms with Crippen LogP contribution in [0.25, 0.3) is 0 Å². The van der Waals surface area contributed by atoms with Crippen molar-refractivity contribution in [2.45, 2.75) is 0 Å². The Kier molecular flexibility index (Phi) is 7.01. The van der Waals surface area contributed by atoms with E-state index in [0.29, 0.717) is 0 Å². The van der Waals surface area contributed by atoms with Gasteiger partial charge in [-0.3, -0.25) is 0 Å². The number of esters is 1. The Bertz CT molecular complexity index is 352. The minimum absolute atomic E-state index is 0. The predicted molar refractivity (Wildman–Crippen MR) is 52.6 cm³/mol. The summed E-state index contributed by atoms with van der Waals surface area (Å²) in [5, 5.41) is 9.57. The summed E-state index contributed by atoms with van der Waals surface area (Å²) in [6.45, 7) is 0. The summed E-state index contributed by atoms with van der Waals surface area (Å²) in [6, 6.07) is 2.76. The Hall–Kier alpha value is -0.274. The van der Waals surface area contributed by atoms with Crippen molar-refractivity contribution in [1.82, 2.24) is 0 Å². The number of phenols is 1. The third-order valence-corrected chi connectivity index (χ3v) is 1.90. The first kappa shape index (κ1) is 15.7. The number of ether oxygens (including phenoxy) is 3. The minimum atomic E-state index is -0.522. The molecule has 0 aromatic heterocycles. The zero-order valence-corrected chi connectivity index (χ0v) is 12.9. The van der Waals surface area contributed by atoms with Crippen LogP contribution in [0.3, 0.4) is 0 Å². The summed E-state index contributed by atoms with van der Waals surface area (Å²) in [6.07, 6.45) is 0. The Morgan fingerprint density at radius 1 is 1.12 bits per heavy atom. The molecule has 0 spiro atoms. The normalized spacial score (nSPS) is 8.94. The number of phenolic OH excluding ortho intramolecular Hbond substituents is 1. The van der Waals surface area contributed by atoms with E-state index in [1.807, 2.05) is 0 Å². The van der Waals surface area contributed by atoms with E-state index in [4.69, 9.17) is 9.47 Å². The van der Waals surface area contributed by atoms with Crippen LogP contribution in [-0.4, -0.2) is 32.4 Å². The van der Waals surface area contributed by atoms with Crippen molar-refractivity contribution in [2.75, 3.05) is 21.3 Å². The molecule has 1 aromatic carbocycles. The van der Waals surface area contributed by atoms with E-state index < -0.39 is 5.97 Å². The summed E-state index contributed by atoms with van der Waals surface area (Å²) in [4.78, 5) is 11.2. The molecular formula is C10H12KO5+. The van der Waals surface area contributed by atoms with E-state index in [9.17, 15) is 9.90 Å². The fourth-order valence-electron chi connectivity index (χ4n) is 1.13. The topological polar surface area (TPSA) is 65.0 Å². The smallest absolute Gasteiger partial charge is 0.502 e. The molecule has 1 rings (SSSR count). The molecule has 0 fully saturated rings. The second kappa shape index (κ2) is 7.13. The maximum atomic E-state index is 11.2. The Balaban J connectivity index is 0.00000225. The maximum Gasteiger partial charge on any atom is 1.00 e. The first-order valence-corrected chi connectivity index (χ1v) is 4.17. The van der Waals surface area contributed by atoms with Crippen LogP contribution in [0.2, 0.25) is 0 Å². The van der Waals surface area contributed by atoms with E-state index in [-0.39, 0.29) is 74.2 Å². The summed E-state index contributed by atoms with van der Waals surface area (Å²) in [5.74, 6) is -0.344. The molecule has 82 valence electrons. The van der Waals surface area contributed by atoms with Gasteiger partial charge in [0.05, 0.1) is 26.9 Å². The monoisotopic (exact) mass is 251 g/mol. The zero-order chi connectivity index (χ0) is 11.4. The Labute approximate surface area is 136 Å². The average Bonchev–Trinajstić information content (AvgIpc) is 2.28. The van der Waals surface area contributed by atoms with Gasteiger partial charge in [-0.15, -0.1) is 0 Å². The number of carbonyl (C=O) groups excluding carboxylic acids is 1. The molecule has 0 saturated heterocycles. The van der Waals surface area contributed by atoms with Crippen molar-refractivity contribution in [1.29, 1.82) is 0 Å². The molecule has 0 atom stereocenters. The quantitative estimate of drug-likeness (QED) is 0.507. The molecule has 5 nitrogen and oxygen atoms in total. The third kappa shape index (κ3) is 3.36. The molecule has 0 saturated carbocycles. The molecule has 0 radical (unpaired) electrons. The fraction of sp³-hybridized carbons (Fsp3) is 0.300. The number of methoxy groups -OCH3 is 3. The van der Waals surface area contributed by atoms with Crippen molar-refractivity contribution in [3.05, 3.63) is 17.7 Å². The SMILES string of the molecule is COC(=O)c1cc(OC)c(O)c(OC)c1.[K+]. The second-order valence-corrected chi connectivity index (χ2v) is 2.72. The van der Waals surface area contributed by atoms with Gasteiger partial charge in [0.25, 0.3) is 0 Å². The molecule has 1 aromatic rings. The first-order valence-electron chi connectivity index (χ1n) is 4.17. The average molecular weight is 251 g/mol. The molecule has 16 heavy (non-hydrogen) atoms. The van der Waals surface area contributed by atoms with Gasteiger partial charge in [-0.2, -0.15) is 0 Å². The van der Waals surface area contributed by atoms with Crippen LogP contribution < -0.4 is 60.9 Å². The van der Waals surface area contributed by atoms with Gasteiger partial charge in [-0.1, -0.05) is 0 Å². The van der Waals surface area contributed by atoms with E-state index in [2.05, 4.69) is 4.74 Å². The first-order chi connectivity index (χ1) is 7.13. The zero-order valence-electron chi connectivity index (χ0n) is 9.73. The van der Waals surface area contributed by atoms with Crippen LogP contribution >= 0.6 is 0 Å². The van der Waals surface area contributed by atoms with Gasteiger partial charge in [0.1, 0.15) is 0 Å². The Morgan fingerprint density at radius 2 is 1.56 bits per heavy atom. The molecular weight excluding hydrogens is 239 g/mol. The number of benzene rings is 1. The van der Waals surface area contributed by atoms with Gasteiger partial charge in [0.2, 0.25) is 5.75 Å². The van der Waals surface area contributed by atoms with Crippen LogP contribution in [0.15, 0.2) is 12.1 Å². The minimum Gasteiger partial charge on any atom is -0.502 e. The number of hydrogen-bond acceptors (Lipinski definition) is 5. The van der Waals surface area contributed by atoms with Crippen molar-refractivity contribution >= 4 is 5.97 Å². The summed E-state index contributed by atoms with van der Waals surface area (Å²) in [7, 11) is 4.04. The van der Waals surface area contributed by atoms with Crippen LogP contribution in [0.1, 0.15) is 10.4 Å². The molecule has 6 heteroatoms. The largest absolute Gasteiger partial charge is 1.00 e. The van der Waals surface area contributed by atoms with Crippen LogP contribution in [0.4, 0.5) is 0 Å². The number of rotatable bonds is 3. The molecule has 0 heterocycles. The number of hydrogen-bond donors (Lipinski definition) is 1. The van der Waals surface area contributed by atoms with Gasteiger partial charge >= 0.3 is 57.4 Å². The van der Waals surface area contributed by atoms with Gasteiger partial charge in [-0.05, 0) is 12.1 Å². The third-order valence-electron chi connectivity index (χ3n) is 1.90. The molecule has 0 aliphatic carbocycles. The van der Waals surface area contributed by atoms with Gasteiger partial charge in [0, 0.05) is 0 Å². The van der Waals surface area contributed by atoms with Crippen molar-refractivity contribution in [3.63, 3.8) is 0 Å². The van der Waals surface area contributed by atoms with Crippen molar-refractivity contribution < 1.29 is 75.5 Å². The molecule has 0 aliphatic heterocycles. The standard InChI is InChI=1S/C10H12O5.K/c1-13-7-4-6(10(12)15-3)5-8(14-2)9(7)11;/h4-5,11H,1-3H3;/q;+1. The van der Waals surface area contributed by atoms with E-state index >= 15 is 0 Å². The van der Waals surface area contributed by atoms with E-state index in [1.165, 1.54) is 33.5 Å². The summed E-state index contributed by atoms with van der Waals surface area (Å²) in [5.41, 5.74) is 0.254. The van der Waals surface area contributed by atoms with Crippen molar-refractivity contribution in [3.8, 4) is 17.2 Å². The molecule has 0 amide bonds. The second-order valence-electron chi connectivity index (χ2n) is 2.72. The fourth-order valence-corrected chi connectivity index (χ4v) is 1.13. The molecule has 1 N–H and O–H groups in total. The Morgan fingerprint density at radius 3 is 1.88 bits per heavy atom. The molecule has 0 unspecified atom stereocenters. The molecule has 0 bridgehead atoms. The van der Waals surface area contributed by atoms with Crippen LogP contribution in [0, 0.1) is 0 Å². The summed E-state index contributed by atoms with van der Waals surface area (Å²) >= 11 is 0. The van der Waals surface area contributed by atoms with Gasteiger partial charge in [0.15, 0.2) is 11.5 Å². The predicted octanol–water partition coefficient (Wildman–Crippen LogP) is -1.80. The van der Waals surface area contributed by atoms with Gasteiger partial charge < -0.3 is 19.3 Å².